The van der Waals surface area contributed by atoms with Crippen molar-refractivity contribution in [2.24, 2.45) is 0 Å². The molecule has 0 bridgehead atoms. The lowest BCUT2D eigenvalue weighted by Crippen LogP contribution is -2.37. The molecule has 140 valence electrons. The molecule has 2 aromatic carbocycles. The van der Waals surface area contributed by atoms with Crippen LogP contribution in [0.25, 0.3) is 0 Å². The molecule has 1 N–H and O–H groups in total. The van der Waals surface area contributed by atoms with Gasteiger partial charge in [0.2, 0.25) is 15.9 Å². The molecule has 0 spiro atoms. The Balaban J connectivity index is 2.32. The minimum Gasteiger partial charge on any atom is -0.497 e. The highest BCUT2D eigenvalue weighted by molar-refractivity contribution is 7.92. The Morgan fingerprint density at radius 3 is 2.38 bits per heavy atom. The molecule has 2 aromatic rings. The molecule has 0 aromatic heterocycles. The molecule has 0 fully saturated rings. The first-order valence-electron chi connectivity index (χ1n) is 7.81. The standard InChI is InChI=1S/C18H22N2O5S/c1-13-7-5-6-8-15(13)19-18(21)12-20(26(4,22)23)16-10-9-14(24-2)11-17(16)25-3/h5-11H,12H2,1-4H3,(H,19,21). The van der Waals surface area contributed by atoms with Crippen LogP contribution in [0, 0.1) is 6.92 Å². The van der Waals surface area contributed by atoms with E-state index in [0.717, 1.165) is 16.1 Å². The number of hydrogen-bond acceptors (Lipinski definition) is 5. The summed E-state index contributed by atoms with van der Waals surface area (Å²) in [6.45, 7) is 1.48. The minimum absolute atomic E-state index is 0.260. The highest BCUT2D eigenvalue weighted by Crippen LogP contribution is 2.33. The summed E-state index contributed by atoms with van der Waals surface area (Å²) < 4.78 is 35.9. The number of hydrogen-bond donors (Lipinski definition) is 1. The van der Waals surface area contributed by atoms with E-state index in [9.17, 15) is 13.2 Å². The monoisotopic (exact) mass is 378 g/mol. The van der Waals surface area contributed by atoms with Crippen molar-refractivity contribution in [1.82, 2.24) is 0 Å². The van der Waals surface area contributed by atoms with Crippen LogP contribution in [-0.2, 0) is 14.8 Å². The summed E-state index contributed by atoms with van der Waals surface area (Å²) in [5.41, 5.74) is 1.78. The average Bonchev–Trinajstić information content (AvgIpc) is 2.60. The fraction of sp³-hybridized carbons (Fsp3) is 0.278. The van der Waals surface area contributed by atoms with Crippen molar-refractivity contribution >= 4 is 27.3 Å². The Kier molecular flexibility index (Phi) is 6.10. The second-order valence-electron chi connectivity index (χ2n) is 5.67. The fourth-order valence-corrected chi connectivity index (χ4v) is 3.27. The summed E-state index contributed by atoms with van der Waals surface area (Å²) in [6, 6.07) is 12.0. The van der Waals surface area contributed by atoms with E-state index in [4.69, 9.17) is 9.47 Å². The van der Waals surface area contributed by atoms with Crippen LogP contribution in [0.4, 0.5) is 11.4 Å². The molecule has 0 atom stereocenters. The Morgan fingerprint density at radius 1 is 1.12 bits per heavy atom. The largest absolute Gasteiger partial charge is 0.497 e. The van der Waals surface area contributed by atoms with Crippen LogP contribution in [0.3, 0.4) is 0 Å². The van der Waals surface area contributed by atoms with Gasteiger partial charge in [0.05, 0.1) is 26.2 Å². The highest BCUT2D eigenvalue weighted by atomic mass is 32.2. The average molecular weight is 378 g/mol. The van der Waals surface area contributed by atoms with Gasteiger partial charge in [-0.25, -0.2) is 8.42 Å². The van der Waals surface area contributed by atoms with Gasteiger partial charge in [-0.2, -0.15) is 0 Å². The number of para-hydroxylation sites is 1. The number of rotatable bonds is 7. The van der Waals surface area contributed by atoms with Crippen molar-refractivity contribution in [3.8, 4) is 11.5 Å². The molecule has 0 aliphatic heterocycles. The van der Waals surface area contributed by atoms with Crippen molar-refractivity contribution in [3.63, 3.8) is 0 Å². The van der Waals surface area contributed by atoms with Crippen LogP contribution < -0.4 is 19.1 Å². The van der Waals surface area contributed by atoms with Gasteiger partial charge in [-0.1, -0.05) is 18.2 Å². The van der Waals surface area contributed by atoms with E-state index in [2.05, 4.69) is 5.32 Å². The van der Waals surface area contributed by atoms with E-state index < -0.39 is 15.9 Å². The molecule has 2 rings (SSSR count). The van der Waals surface area contributed by atoms with E-state index in [1.54, 1.807) is 30.3 Å². The first-order valence-corrected chi connectivity index (χ1v) is 9.66. The van der Waals surface area contributed by atoms with E-state index >= 15 is 0 Å². The molecule has 0 aliphatic rings. The zero-order valence-corrected chi connectivity index (χ0v) is 16.0. The third-order valence-electron chi connectivity index (χ3n) is 3.76. The number of methoxy groups -OCH3 is 2. The molecule has 1 amide bonds. The van der Waals surface area contributed by atoms with Gasteiger partial charge in [0.25, 0.3) is 0 Å². The van der Waals surface area contributed by atoms with Gasteiger partial charge in [-0.15, -0.1) is 0 Å². The number of nitrogens with zero attached hydrogens (tertiary/aromatic N) is 1. The quantitative estimate of drug-likeness (QED) is 0.800. The highest BCUT2D eigenvalue weighted by Gasteiger charge is 2.24. The van der Waals surface area contributed by atoms with Crippen LogP contribution in [-0.4, -0.2) is 41.3 Å². The van der Waals surface area contributed by atoms with Crippen molar-refractivity contribution in [3.05, 3.63) is 48.0 Å². The Labute approximate surface area is 153 Å². The maximum absolute atomic E-state index is 12.4. The van der Waals surface area contributed by atoms with Gasteiger partial charge in [0.1, 0.15) is 18.0 Å². The molecule has 8 heteroatoms. The van der Waals surface area contributed by atoms with Gasteiger partial charge < -0.3 is 14.8 Å². The summed E-state index contributed by atoms with van der Waals surface area (Å²) in [4.78, 5) is 12.4. The molecular weight excluding hydrogens is 356 g/mol. The van der Waals surface area contributed by atoms with Crippen LogP contribution in [0.2, 0.25) is 0 Å². The zero-order valence-electron chi connectivity index (χ0n) is 15.1. The van der Waals surface area contributed by atoms with Gasteiger partial charge >= 0.3 is 0 Å². The second kappa shape index (κ2) is 8.09. The van der Waals surface area contributed by atoms with Gasteiger partial charge in [-0.05, 0) is 30.7 Å². The van der Waals surface area contributed by atoms with E-state index in [1.165, 1.54) is 14.2 Å². The second-order valence-corrected chi connectivity index (χ2v) is 7.58. The first kappa shape index (κ1) is 19.6. The lowest BCUT2D eigenvalue weighted by molar-refractivity contribution is -0.114. The maximum atomic E-state index is 12.4. The molecule has 7 nitrogen and oxygen atoms in total. The lowest BCUT2D eigenvalue weighted by Gasteiger charge is -2.24. The molecule has 0 unspecified atom stereocenters. The first-order chi connectivity index (χ1) is 12.3. The molecule has 0 saturated carbocycles. The third kappa shape index (κ3) is 4.66. The summed E-state index contributed by atoms with van der Waals surface area (Å²) in [5, 5.41) is 2.73. The number of nitrogens with one attached hydrogen (secondary N) is 1. The molecule has 0 saturated heterocycles. The van der Waals surface area contributed by atoms with Crippen LogP contribution >= 0.6 is 0 Å². The van der Waals surface area contributed by atoms with Crippen molar-refractivity contribution in [2.75, 3.05) is 36.6 Å². The minimum atomic E-state index is -3.72. The van der Waals surface area contributed by atoms with Crippen molar-refractivity contribution < 1.29 is 22.7 Å². The summed E-state index contributed by atoms with van der Waals surface area (Å²) in [6.07, 6.45) is 1.04. The molecule has 0 radical (unpaired) electrons. The summed E-state index contributed by atoms with van der Waals surface area (Å²) >= 11 is 0. The number of carbonyl (C=O) groups is 1. The third-order valence-corrected chi connectivity index (χ3v) is 4.89. The van der Waals surface area contributed by atoms with Gasteiger partial charge in [-0.3, -0.25) is 9.10 Å². The number of aryl methyl sites for hydroxylation is 1. The van der Waals surface area contributed by atoms with E-state index in [0.29, 0.717) is 17.2 Å². The van der Waals surface area contributed by atoms with E-state index in [1.807, 2.05) is 19.1 Å². The van der Waals surface area contributed by atoms with Crippen molar-refractivity contribution in [2.45, 2.75) is 6.92 Å². The number of ether oxygens (including phenoxy) is 2. The number of carbonyl (C=O) groups excluding carboxylic acids is 1. The van der Waals surface area contributed by atoms with Gasteiger partial charge in [0.15, 0.2) is 0 Å². The summed E-state index contributed by atoms with van der Waals surface area (Å²) in [7, 11) is -0.795. The number of amides is 1. The molecule has 26 heavy (non-hydrogen) atoms. The van der Waals surface area contributed by atoms with Gasteiger partial charge in [0, 0.05) is 11.8 Å². The molecular formula is C18H22N2O5S. The van der Waals surface area contributed by atoms with E-state index in [-0.39, 0.29) is 12.2 Å². The Morgan fingerprint density at radius 2 is 1.81 bits per heavy atom. The zero-order chi connectivity index (χ0) is 19.3. The van der Waals surface area contributed by atoms with Crippen LogP contribution in [0.1, 0.15) is 5.56 Å². The fourth-order valence-electron chi connectivity index (χ4n) is 2.41. The number of anilines is 2. The number of benzene rings is 2. The topological polar surface area (TPSA) is 84.9 Å². The number of sulfonamides is 1. The predicted octanol–water partition coefficient (Wildman–Crippen LogP) is 2.42. The lowest BCUT2D eigenvalue weighted by atomic mass is 10.2. The molecule has 0 aliphatic carbocycles. The Bertz CT molecular complexity index is 896. The SMILES string of the molecule is COc1ccc(N(CC(=O)Nc2ccccc2C)S(C)(=O)=O)c(OC)c1. The van der Waals surface area contributed by atoms with Crippen molar-refractivity contribution in [1.29, 1.82) is 0 Å². The molecule has 0 heterocycles. The summed E-state index contributed by atoms with van der Waals surface area (Å²) in [5.74, 6) is 0.351. The van der Waals surface area contributed by atoms with Crippen LogP contribution in [0.15, 0.2) is 42.5 Å². The maximum Gasteiger partial charge on any atom is 0.245 e. The van der Waals surface area contributed by atoms with Crippen LogP contribution in [0.5, 0.6) is 11.5 Å². The smallest absolute Gasteiger partial charge is 0.245 e. The Hall–Kier alpha value is -2.74. The normalized spacial score (nSPS) is 10.9. The predicted molar refractivity (Wildman–Crippen MR) is 102 cm³/mol.